The standard InChI is InChI=1S/C13H17Cl2N3O/c1-8(2)18(6-11-7-19-13(16)17-11)12-4-9(14)3-10(15)5-12/h3-5,8,11H,6-7H2,1-2H3,(H2,16,17)/t11-/m0/s1. The molecule has 1 aromatic rings. The fourth-order valence-electron chi connectivity index (χ4n) is 2.08. The molecule has 2 N–H and O–H groups in total. The van der Waals surface area contributed by atoms with Gasteiger partial charge in [0.05, 0.1) is 0 Å². The molecule has 0 aromatic heterocycles. The van der Waals surface area contributed by atoms with Crippen molar-refractivity contribution < 1.29 is 4.74 Å². The van der Waals surface area contributed by atoms with Gasteiger partial charge in [0.25, 0.3) is 6.02 Å². The molecular formula is C13H17Cl2N3O. The number of hydrogen-bond donors (Lipinski definition) is 1. The predicted octanol–water partition coefficient (Wildman–Crippen LogP) is 2.92. The maximum Gasteiger partial charge on any atom is 0.282 e. The zero-order valence-corrected chi connectivity index (χ0v) is 12.4. The molecule has 0 spiro atoms. The van der Waals surface area contributed by atoms with Crippen LogP contribution in [0.25, 0.3) is 0 Å². The number of benzene rings is 1. The van der Waals surface area contributed by atoms with E-state index in [-0.39, 0.29) is 12.1 Å². The largest absolute Gasteiger partial charge is 0.463 e. The van der Waals surface area contributed by atoms with Crippen molar-refractivity contribution in [1.29, 1.82) is 0 Å². The molecule has 2 rings (SSSR count). The van der Waals surface area contributed by atoms with Crippen LogP contribution in [0.5, 0.6) is 0 Å². The van der Waals surface area contributed by atoms with Gasteiger partial charge >= 0.3 is 0 Å². The van der Waals surface area contributed by atoms with E-state index in [1.807, 2.05) is 12.1 Å². The molecule has 0 radical (unpaired) electrons. The Morgan fingerprint density at radius 2 is 2.00 bits per heavy atom. The number of aliphatic imine (C=N–C) groups is 1. The lowest BCUT2D eigenvalue weighted by Crippen LogP contribution is -2.37. The van der Waals surface area contributed by atoms with Gasteiger partial charge in [0.15, 0.2) is 0 Å². The number of ether oxygens (including phenoxy) is 1. The van der Waals surface area contributed by atoms with Crippen molar-refractivity contribution >= 4 is 34.9 Å². The van der Waals surface area contributed by atoms with Gasteiger partial charge in [-0.25, -0.2) is 4.99 Å². The Morgan fingerprint density at radius 1 is 1.37 bits per heavy atom. The van der Waals surface area contributed by atoms with Gasteiger partial charge < -0.3 is 15.4 Å². The van der Waals surface area contributed by atoms with Crippen LogP contribution < -0.4 is 10.6 Å². The average molecular weight is 302 g/mol. The Morgan fingerprint density at radius 3 is 2.47 bits per heavy atom. The third-order valence-corrected chi connectivity index (χ3v) is 3.38. The van der Waals surface area contributed by atoms with Crippen LogP contribution in [0.15, 0.2) is 23.2 Å². The summed E-state index contributed by atoms with van der Waals surface area (Å²) in [6, 6.07) is 6.12. The maximum atomic E-state index is 6.06. The SMILES string of the molecule is CC(C)N(C[C@H]1COC(N)=N1)c1cc(Cl)cc(Cl)c1. The van der Waals surface area contributed by atoms with Crippen molar-refractivity contribution in [2.24, 2.45) is 10.7 Å². The normalized spacial score (nSPS) is 18.4. The van der Waals surface area contributed by atoms with E-state index in [0.29, 0.717) is 22.7 Å². The molecule has 0 saturated heterocycles. The van der Waals surface area contributed by atoms with E-state index in [1.165, 1.54) is 0 Å². The van der Waals surface area contributed by atoms with Crippen LogP contribution in [-0.2, 0) is 4.74 Å². The van der Waals surface area contributed by atoms with Crippen LogP contribution >= 0.6 is 23.2 Å². The van der Waals surface area contributed by atoms with E-state index in [1.54, 1.807) is 6.07 Å². The molecule has 1 aliphatic heterocycles. The van der Waals surface area contributed by atoms with Gasteiger partial charge in [-0.05, 0) is 32.0 Å². The van der Waals surface area contributed by atoms with Gasteiger partial charge in [-0.15, -0.1) is 0 Å². The van der Waals surface area contributed by atoms with Gasteiger partial charge in [0.2, 0.25) is 0 Å². The summed E-state index contributed by atoms with van der Waals surface area (Å²) in [5.41, 5.74) is 6.51. The van der Waals surface area contributed by atoms with Crippen LogP contribution in [0.1, 0.15) is 13.8 Å². The molecule has 1 atom stereocenters. The molecule has 0 bridgehead atoms. The second kappa shape index (κ2) is 5.88. The smallest absolute Gasteiger partial charge is 0.282 e. The number of rotatable bonds is 4. The second-order valence-corrected chi connectivity index (χ2v) is 5.68. The quantitative estimate of drug-likeness (QED) is 0.930. The van der Waals surface area contributed by atoms with Gasteiger partial charge in [0, 0.05) is 28.3 Å². The molecule has 0 aliphatic carbocycles. The van der Waals surface area contributed by atoms with Crippen molar-refractivity contribution in [2.45, 2.75) is 25.9 Å². The molecule has 0 fully saturated rings. The number of hydrogen-bond acceptors (Lipinski definition) is 4. The monoisotopic (exact) mass is 301 g/mol. The lowest BCUT2D eigenvalue weighted by molar-refractivity contribution is 0.312. The Kier molecular flexibility index (Phi) is 4.42. The summed E-state index contributed by atoms with van der Waals surface area (Å²) >= 11 is 12.1. The number of halogens is 2. The zero-order valence-electron chi connectivity index (χ0n) is 10.9. The first kappa shape index (κ1) is 14.3. The van der Waals surface area contributed by atoms with Crippen molar-refractivity contribution in [2.75, 3.05) is 18.1 Å². The van der Waals surface area contributed by atoms with Gasteiger partial charge in [0.1, 0.15) is 12.6 Å². The molecule has 104 valence electrons. The molecule has 0 saturated carbocycles. The summed E-state index contributed by atoms with van der Waals surface area (Å²) in [6.07, 6.45) is 0. The maximum absolute atomic E-state index is 6.06. The van der Waals surface area contributed by atoms with Crippen molar-refractivity contribution in [3.63, 3.8) is 0 Å². The van der Waals surface area contributed by atoms with Gasteiger partial charge in [-0.1, -0.05) is 23.2 Å². The summed E-state index contributed by atoms with van der Waals surface area (Å²) < 4.78 is 5.18. The zero-order chi connectivity index (χ0) is 14.0. The highest BCUT2D eigenvalue weighted by molar-refractivity contribution is 6.35. The topological polar surface area (TPSA) is 50.9 Å². The molecule has 1 heterocycles. The van der Waals surface area contributed by atoms with Gasteiger partial charge in [-0.3, -0.25) is 0 Å². The third-order valence-electron chi connectivity index (χ3n) is 2.94. The molecule has 4 nitrogen and oxygen atoms in total. The summed E-state index contributed by atoms with van der Waals surface area (Å²) in [4.78, 5) is 6.43. The molecule has 0 unspecified atom stereocenters. The Hall–Kier alpha value is -1.13. The summed E-state index contributed by atoms with van der Waals surface area (Å²) in [5, 5.41) is 1.25. The summed E-state index contributed by atoms with van der Waals surface area (Å²) in [6.45, 7) is 5.45. The molecule has 0 amide bonds. The van der Waals surface area contributed by atoms with Crippen LogP contribution in [0.3, 0.4) is 0 Å². The first-order valence-electron chi connectivity index (χ1n) is 6.14. The average Bonchev–Trinajstić information content (AvgIpc) is 2.70. The van der Waals surface area contributed by atoms with E-state index in [4.69, 9.17) is 33.7 Å². The highest BCUT2D eigenvalue weighted by Gasteiger charge is 2.22. The molecular weight excluding hydrogens is 285 g/mol. The Labute approximate surface area is 123 Å². The van der Waals surface area contributed by atoms with Crippen LogP contribution in [0.4, 0.5) is 5.69 Å². The fourth-order valence-corrected chi connectivity index (χ4v) is 2.59. The lowest BCUT2D eigenvalue weighted by atomic mass is 10.2. The van der Waals surface area contributed by atoms with E-state index in [0.717, 1.165) is 12.2 Å². The number of nitrogens with two attached hydrogens (primary N) is 1. The first-order chi connectivity index (χ1) is 8.95. The number of nitrogens with zero attached hydrogens (tertiary/aromatic N) is 2. The minimum absolute atomic E-state index is 0.0418. The van der Waals surface area contributed by atoms with E-state index < -0.39 is 0 Å². The molecule has 19 heavy (non-hydrogen) atoms. The lowest BCUT2D eigenvalue weighted by Gasteiger charge is -2.30. The van der Waals surface area contributed by atoms with Crippen LogP contribution in [0, 0.1) is 0 Å². The first-order valence-corrected chi connectivity index (χ1v) is 6.90. The van der Waals surface area contributed by atoms with Crippen molar-refractivity contribution in [3.05, 3.63) is 28.2 Å². The fraction of sp³-hybridized carbons (Fsp3) is 0.462. The van der Waals surface area contributed by atoms with Crippen molar-refractivity contribution in [1.82, 2.24) is 0 Å². The van der Waals surface area contributed by atoms with Gasteiger partial charge in [-0.2, -0.15) is 0 Å². The summed E-state index contributed by atoms with van der Waals surface area (Å²) in [7, 11) is 0. The van der Waals surface area contributed by atoms with E-state index in [2.05, 4.69) is 23.7 Å². The summed E-state index contributed by atoms with van der Waals surface area (Å²) in [5.74, 6) is 0. The van der Waals surface area contributed by atoms with E-state index >= 15 is 0 Å². The highest BCUT2D eigenvalue weighted by Crippen LogP contribution is 2.27. The molecule has 6 heteroatoms. The highest BCUT2D eigenvalue weighted by atomic mass is 35.5. The van der Waals surface area contributed by atoms with Crippen LogP contribution in [-0.4, -0.2) is 31.3 Å². The molecule has 1 aliphatic rings. The third kappa shape index (κ3) is 3.67. The minimum Gasteiger partial charge on any atom is -0.463 e. The predicted molar refractivity (Wildman–Crippen MR) is 80.3 cm³/mol. The number of amidine groups is 1. The number of anilines is 1. The van der Waals surface area contributed by atoms with E-state index in [9.17, 15) is 0 Å². The van der Waals surface area contributed by atoms with Crippen molar-refractivity contribution in [3.8, 4) is 0 Å². The Balaban J connectivity index is 2.20. The minimum atomic E-state index is 0.0418. The Bertz CT molecular complexity index is 471. The molecule has 1 aromatic carbocycles. The second-order valence-electron chi connectivity index (χ2n) is 4.81. The van der Waals surface area contributed by atoms with Crippen LogP contribution in [0.2, 0.25) is 10.0 Å².